The number of benzene rings is 1. The Bertz CT molecular complexity index is 957. The lowest BCUT2D eigenvalue weighted by Gasteiger charge is -2.32. The lowest BCUT2D eigenvalue weighted by Crippen LogP contribution is -2.44. The maximum atomic E-state index is 14.6. The zero-order valence-corrected chi connectivity index (χ0v) is 17.8. The number of aromatic nitrogens is 1. The molecular weight excluding hydrogens is 423 g/mol. The largest absolute Gasteiger partial charge is 0.383 e. The van der Waals surface area contributed by atoms with E-state index in [2.05, 4.69) is 22.1 Å². The first-order valence-electron chi connectivity index (χ1n) is 9.21. The number of halogens is 2. The molecule has 0 aliphatic carbocycles. The fraction of sp³-hybridized carbons (Fsp3) is 0.500. The lowest BCUT2D eigenvalue weighted by molar-refractivity contribution is 0.209. The van der Waals surface area contributed by atoms with Gasteiger partial charge in [-0.05, 0) is 49.9 Å². The molecule has 4 rings (SSSR count). The quantitative estimate of drug-likeness (QED) is 0.684. The van der Waals surface area contributed by atoms with Crippen LogP contribution in [-0.2, 0) is 10.0 Å². The van der Waals surface area contributed by atoms with Crippen molar-refractivity contribution in [3.8, 4) is 0 Å². The maximum absolute atomic E-state index is 14.6. The van der Waals surface area contributed by atoms with Gasteiger partial charge in [0.05, 0.1) is 0 Å². The molecule has 6 nitrogen and oxygen atoms in total. The van der Waals surface area contributed by atoms with Gasteiger partial charge in [-0.25, -0.2) is 9.37 Å². The second-order valence-corrected chi connectivity index (χ2v) is 10.8. The highest BCUT2D eigenvalue weighted by molar-refractivity contribution is 7.94. The highest BCUT2D eigenvalue weighted by Crippen LogP contribution is 2.41. The molecule has 152 valence electrons. The predicted molar refractivity (Wildman–Crippen MR) is 110 cm³/mol. The van der Waals surface area contributed by atoms with E-state index in [9.17, 15) is 12.8 Å². The fourth-order valence-electron chi connectivity index (χ4n) is 4.45. The Kier molecular flexibility index (Phi) is 5.28. The van der Waals surface area contributed by atoms with Crippen LogP contribution in [0.15, 0.2) is 34.7 Å². The van der Waals surface area contributed by atoms with Crippen LogP contribution in [0, 0.1) is 11.7 Å². The van der Waals surface area contributed by atoms with Gasteiger partial charge < -0.3 is 5.32 Å². The van der Waals surface area contributed by atoms with Crippen molar-refractivity contribution in [2.75, 3.05) is 28.8 Å². The van der Waals surface area contributed by atoms with Crippen LogP contribution in [0.5, 0.6) is 0 Å². The number of hydrogen-bond acceptors (Lipinski definition) is 6. The summed E-state index contributed by atoms with van der Waals surface area (Å²) in [6, 6.07) is 4.04. The van der Waals surface area contributed by atoms with Gasteiger partial charge in [-0.2, -0.15) is 8.42 Å². The molecule has 0 saturated carbocycles. The third-order valence-electron chi connectivity index (χ3n) is 5.61. The van der Waals surface area contributed by atoms with E-state index >= 15 is 0 Å². The molecule has 2 aromatic rings. The van der Waals surface area contributed by atoms with Crippen LogP contribution in [0.25, 0.3) is 0 Å². The Labute approximate surface area is 173 Å². The Balaban J connectivity index is 1.51. The van der Waals surface area contributed by atoms with E-state index in [4.69, 9.17) is 11.8 Å². The van der Waals surface area contributed by atoms with E-state index < -0.39 is 20.7 Å². The van der Waals surface area contributed by atoms with Crippen molar-refractivity contribution in [2.24, 2.45) is 5.92 Å². The number of nitrogens with zero attached hydrogens (tertiary/aromatic N) is 3. The first kappa shape index (κ1) is 19.9. The van der Waals surface area contributed by atoms with E-state index in [0.717, 1.165) is 43.8 Å². The smallest absolute Gasteiger partial charge is 0.283 e. The molecule has 3 heterocycles. The monoisotopic (exact) mass is 444 g/mol. The van der Waals surface area contributed by atoms with Gasteiger partial charge >= 0.3 is 0 Å². The van der Waals surface area contributed by atoms with Gasteiger partial charge in [-0.1, -0.05) is 6.92 Å². The van der Waals surface area contributed by atoms with Crippen molar-refractivity contribution in [1.29, 1.82) is 0 Å². The van der Waals surface area contributed by atoms with Gasteiger partial charge in [0, 0.05) is 47.7 Å². The molecule has 2 aliphatic heterocycles. The number of fused-ring (bicyclic) bond motifs is 1. The van der Waals surface area contributed by atoms with Gasteiger partial charge in [-0.3, -0.25) is 4.90 Å². The van der Waals surface area contributed by atoms with Crippen molar-refractivity contribution in [2.45, 2.75) is 36.6 Å². The Hall–Kier alpha value is -1.42. The molecule has 0 amide bonds. The average Bonchev–Trinajstić information content (AvgIpc) is 3.35. The van der Waals surface area contributed by atoms with Crippen LogP contribution in [0.2, 0.25) is 0 Å². The number of thiazole rings is 1. The van der Waals surface area contributed by atoms with Gasteiger partial charge in [0.1, 0.15) is 10.7 Å². The minimum atomic E-state index is -4.23. The molecule has 0 bridgehead atoms. The first-order chi connectivity index (χ1) is 13.3. The molecule has 0 spiro atoms. The Morgan fingerprint density at radius 1 is 1.50 bits per heavy atom. The summed E-state index contributed by atoms with van der Waals surface area (Å²) in [5.74, 6) is -0.181. The van der Waals surface area contributed by atoms with Crippen molar-refractivity contribution in [1.82, 2.24) is 9.88 Å². The number of rotatable bonds is 6. The number of anilines is 2. The summed E-state index contributed by atoms with van der Waals surface area (Å²) < 4.78 is 40.3. The highest BCUT2D eigenvalue weighted by Gasteiger charge is 2.46. The first-order valence-corrected chi connectivity index (χ1v) is 11.9. The third kappa shape index (κ3) is 3.49. The maximum Gasteiger partial charge on any atom is 0.283 e. The van der Waals surface area contributed by atoms with Crippen molar-refractivity contribution >= 4 is 44.0 Å². The molecule has 2 aliphatic rings. The van der Waals surface area contributed by atoms with Crippen LogP contribution in [-0.4, -0.2) is 43.5 Å². The second kappa shape index (κ2) is 7.44. The summed E-state index contributed by atoms with van der Waals surface area (Å²) in [6.45, 7) is 5.21. The van der Waals surface area contributed by atoms with Crippen molar-refractivity contribution in [3.63, 3.8) is 0 Å². The van der Waals surface area contributed by atoms with Crippen LogP contribution in [0.3, 0.4) is 0 Å². The Morgan fingerprint density at radius 2 is 2.32 bits per heavy atom. The van der Waals surface area contributed by atoms with Crippen molar-refractivity contribution < 1.29 is 12.8 Å². The predicted octanol–water partition coefficient (Wildman–Crippen LogP) is 3.92. The second-order valence-electron chi connectivity index (χ2n) is 7.62. The molecular formula is C18H22ClFN4O2S2. The summed E-state index contributed by atoms with van der Waals surface area (Å²) in [6.07, 6.45) is 4.88. The molecule has 2 fully saturated rings. The SMILES string of the molecule is CC1CN2CCCC2(CNc2ccc(S(=O)(=O)N(Cl)c3nccs3)c(F)c2)C1. The summed E-state index contributed by atoms with van der Waals surface area (Å²) in [5, 5.41) is 4.98. The molecule has 1 aromatic heterocycles. The highest BCUT2D eigenvalue weighted by atomic mass is 35.5. The van der Waals surface area contributed by atoms with Crippen LogP contribution in [0.4, 0.5) is 15.2 Å². The fourth-order valence-corrected chi connectivity index (χ4v) is 6.68. The van der Waals surface area contributed by atoms with E-state index in [0.29, 0.717) is 15.4 Å². The standard InChI is InChI=1S/C18H22ClFN4O2S2/c1-13-10-18(5-2-7-23(18)11-13)12-22-14-3-4-16(15(20)9-14)28(25,26)24(19)17-21-6-8-27-17/h3-4,6,8-9,13,22H,2,5,7,10-12H2,1H3. The van der Waals surface area contributed by atoms with Gasteiger partial charge in [-0.15, -0.1) is 15.2 Å². The van der Waals surface area contributed by atoms with Crippen LogP contribution >= 0.6 is 23.1 Å². The Morgan fingerprint density at radius 3 is 3.04 bits per heavy atom. The van der Waals surface area contributed by atoms with Gasteiger partial charge in [0.15, 0.2) is 0 Å². The molecule has 10 heteroatoms. The minimum absolute atomic E-state index is 0.0686. The normalized spacial score (nSPS) is 25.0. The van der Waals surface area contributed by atoms with Gasteiger partial charge in [0.2, 0.25) is 5.13 Å². The molecule has 1 N–H and O–H groups in total. The summed E-state index contributed by atoms with van der Waals surface area (Å²) >= 11 is 6.97. The van der Waals surface area contributed by atoms with E-state index in [1.165, 1.54) is 24.8 Å². The summed E-state index contributed by atoms with van der Waals surface area (Å²) in [5.41, 5.74) is 0.686. The molecule has 0 radical (unpaired) electrons. The number of hydrogen-bond donors (Lipinski definition) is 1. The molecule has 2 saturated heterocycles. The average molecular weight is 445 g/mol. The van der Waals surface area contributed by atoms with E-state index in [1.807, 2.05) is 0 Å². The van der Waals surface area contributed by atoms with Crippen LogP contribution in [0.1, 0.15) is 26.2 Å². The zero-order valence-electron chi connectivity index (χ0n) is 15.4. The van der Waals surface area contributed by atoms with E-state index in [-0.39, 0.29) is 10.7 Å². The minimum Gasteiger partial charge on any atom is -0.383 e. The van der Waals surface area contributed by atoms with Crippen LogP contribution < -0.4 is 9.14 Å². The third-order valence-corrected chi connectivity index (χ3v) is 8.77. The zero-order chi connectivity index (χ0) is 19.9. The molecule has 2 unspecified atom stereocenters. The molecule has 28 heavy (non-hydrogen) atoms. The lowest BCUT2D eigenvalue weighted by atomic mass is 9.90. The van der Waals surface area contributed by atoms with Gasteiger partial charge in [0.25, 0.3) is 10.0 Å². The topological polar surface area (TPSA) is 65.5 Å². The number of sulfonamides is 1. The molecule has 2 atom stereocenters. The number of nitrogens with one attached hydrogen (secondary N) is 1. The van der Waals surface area contributed by atoms with E-state index in [1.54, 1.807) is 11.4 Å². The van der Waals surface area contributed by atoms with Crippen molar-refractivity contribution in [3.05, 3.63) is 35.6 Å². The summed E-state index contributed by atoms with van der Waals surface area (Å²) in [7, 11) is -4.23. The molecule has 1 aromatic carbocycles. The summed E-state index contributed by atoms with van der Waals surface area (Å²) in [4.78, 5) is 5.91.